The summed E-state index contributed by atoms with van der Waals surface area (Å²) < 4.78 is 0. The Morgan fingerprint density at radius 2 is 1.30 bits per heavy atom. The van der Waals surface area contributed by atoms with E-state index in [1.807, 2.05) is 13.0 Å². The molecule has 2 rings (SSSR count). The average Bonchev–Trinajstić information content (AvgIpc) is 2.47. The molecule has 0 unspecified atom stereocenters. The number of aldehydes is 2. The highest BCUT2D eigenvalue weighted by molar-refractivity contribution is 6.88. The third-order valence-electron chi connectivity index (χ3n) is 3.34. The fraction of sp³-hybridized carbons (Fsp3) is 0.222. The van der Waals surface area contributed by atoms with Crippen LogP contribution >= 0.6 is 0 Å². The standard InChI is InChI=1S/C10H14O2Si.C8H8O2/c1-13(2,3)9-5-4-8(7-11)10(12)6-9;1-6-2-3-7(5-9)8(10)4-6/h4-7,12H,1-3H3;2-5,10H,1H3. The summed E-state index contributed by atoms with van der Waals surface area (Å²) in [7, 11) is -1.38. The van der Waals surface area contributed by atoms with Gasteiger partial charge in [0, 0.05) is 0 Å². The van der Waals surface area contributed by atoms with Crippen molar-refractivity contribution in [3.63, 3.8) is 0 Å². The van der Waals surface area contributed by atoms with E-state index in [1.54, 1.807) is 30.3 Å². The third-order valence-corrected chi connectivity index (χ3v) is 5.38. The van der Waals surface area contributed by atoms with E-state index < -0.39 is 8.07 Å². The summed E-state index contributed by atoms with van der Waals surface area (Å²) in [6.07, 6.45) is 1.30. The number of benzene rings is 2. The first kappa shape index (κ1) is 18.6. The van der Waals surface area contributed by atoms with E-state index >= 15 is 0 Å². The number of phenolic OH excluding ortho intramolecular Hbond substituents is 2. The molecule has 0 bridgehead atoms. The maximum Gasteiger partial charge on any atom is 0.153 e. The van der Waals surface area contributed by atoms with Gasteiger partial charge in [-0.1, -0.05) is 37.0 Å². The van der Waals surface area contributed by atoms with E-state index in [-0.39, 0.29) is 11.5 Å². The van der Waals surface area contributed by atoms with Crippen LogP contribution in [0.1, 0.15) is 26.3 Å². The fourth-order valence-corrected chi connectivity index (χ4v) is 3.02. The van der Waals surface area contributed by atoms with Gasteiger partial charge in [-0.3, -0.25) is 9.59 Å². The topological polar surface area (TPSA) is 74.6 Å². The molecule has 2 aromatic carbocycles. The minimum Gasteiger partial charge on any atom is -0.507 e. The predicted octanol–water partition coefficient (Wildman–Crippen LogP) is 3.26. The number of rotatable bonds is 3. The molecule has 0 aromatic heterocycles. The van der Waals surface area contributed by atoms with Crippen molar-refractivity contribution in [2.75, 3.05) is 0 Å². The van der Waals surface area contributed by atoms with E-state index in [0.29, 0.717) is 23.7 Å². The molecule has 0 heterocycles. The van der Waals surface area contributed by atoms with Crippen LogP contribution in [0.5, 0.6) is 11.5 Å². The molecule has 0 aliphatic rings. The van der Waals surface area contributed by atoms with Crippen LogP contribution in [0.4, 0.5) is 0 Å². The molecule has 0 spiro atoms. The molecule has 0 saturated carbocycles. The van der Waals surface area contributed by atoms with Gasteiger partial charge in [-0.15, -0.1) is 0 Å². The summed E-state index contributed by atoms with van der Waals surface area (Å²) >= 11 is 0. The normalized spacial score (nSPS) is 10.4. The largest absolute Gasteiger partial charge is 0.507 e. The zero-order valence-corrected chi connectivity index (χ0v) is 14.8. The first-order valence-corrected chi connectivity index (χ1v) is 10.7. The van der Waals surface area contributed by atoms with Crippen LogP contribution in [0, 0.1) is 6.92 Å². The Morgan fingerprint density at radius 3 is 1.70 bits per heavy atom. The van der Waals surface area contributed by atoms with Crippen molar-refractivity contribution in [2.45, 2.75) is 26.6 Å². The Morgan fingerprint density at radius 1 is 0.826 bits per heavy atom. The summed E-state index contributed by atoms with van der Waals surface area (Å²) in [4.78, 5) is 20.6. The molecule has 0 fully saturated rings. The maximum atomic E-state index is 10.4. The second-order valence-electron chi connectivity index (χ2n) is 6.32. The van der Waals surface area contributed by atoms with Crippen molar-refractivity contribution in [2.24, 2.45) is 0 Å². The van der Waals surface area contributed by atoms with Gasteiger partial charge in [0.2, 0.25) is 0 Å². The van der Waals surface area contributed by atoms with Crippen LogP contribution in [0.25, 0.3) is 0 Å². The molecule has 0 aliphatic heterocycles. The lowest BCUT2D eigenvalue weighted by atomic mass is 10.1. The molecule has 0 saturated heterocycles. The van der Waals surface area contributed by atoms with Gasteiger partial charge < -0.3 is 10.2 Å². The zero-order chi connectivity index (χ0) is 17.6. The van der Waals surface area contributed by atoms with Gasteiger partial charge >= 0.3 is 0 Å². The number of aromatic hydroxyl groups is 2. The number of phenols is 2. The minimum atomic E-state index is -1.38. The van der Waals surface area contributed by atoms with Crippen molar-refractivity contribution in [3.8, 4) is 11.5 Å². The molecule has 0 radical (unpaired) electrons. The Bertz CT molecular complexity index is 703. The van der Waals surface area contributed by atoms with Crippen molar-refractivity contribution in [3.05, 3.63) is 53.1 Å². The average molecular weight is 330 g/mol. The van der Waals surface area contributed by atoms with Crippen LogP contribution in [-0.4, -0.2) is 30.9 Å². The third kappa shape index (κ3) is 5.38. The summed E-state index contributed by atoms with van der Waals surface area (Å²) in [6.45, 7) is 8.45. The lowest BCUT2D eigenvalue weighted by Gasteiger charge is -2.16. The second kappa shape index (κ2) is 7.74. The van der Waals surface area contributed by atoms with Gasteiger partial charge in [0.05, 0.1) is 19.2 Å². The van der Waals surface area contributed by atoms with E-state index in [4.69, 9.17) is 5.11 Å². The Labute approximate surface area is 137 Å². The van der Waals surface area contributed by atoms with Gasteiger partial charge in [-0.05, 0) is 36.8 Å². The van der Waals surface area contributed by atoms with Gasteiger partial charge in [0.1, 0.15) is 11.5 Å². The van der Waals surface area contributed by atoms with Crippen LogP contribution in [0.3, 0.4) is 0 Å². The number of hydrogen-bond donors (Lipinski definition) is 2. The fourth-order valence-electron chi connectivity index (χ4n) is 1.86. The Balaban J connectivity index is 0.000000238. The Hall–Kier alpha value is -2.40. The SMILES string of the molecule is C[Si](C)(C)c1ccc(C=O)c(O)c1.Cc1ccc(C=O)c(O)c1. The van der Waals surface area contributed by atoms with Crippen LogP contribution in [-0.2, 0) is 0 Å². The molecular weight excluding hydrogens is 308 g/mol. The van der Waals surface area contributed by atoms with Crippen molar-refractivity contribution < 1.29 is 19.8 Å². The lowest BCUT2D eigenvalue weighted by molar-refractivity contribution is 0.111. The van der Waals surface area contributed by atoms with Crippen molar-refractivity contribution in [1.82, 2.24) is 0 Å². The van der Waals surface area contributed by atoms with Gasteiger partial charge in [-0.2, -0.15) is 0 Å². The minimum absolute atomic E-state index is 0.0509. The van der Waals surface area contributed by atoms with Crippen LogP contribution in [0.15, 0.2) is 36.4 Å². The number of carbonyl (C=O) groups is 2. The summed E-state index contributed by atoms with van der Waals surface area (Å²) in [6, 6.07) is 10.2. The summed E-state index contributed by atoms with van der Waals surface area (Å²) in [5, 5.41) is 19.7. The van der Waals surface area contributed by atoms with Crippen molar-refractivity contribution in [1.29, 1.82) is 0 Å². The molecule has 4 nitrogen and oxygen atoms in total. The predicted molar refractivity (Wildman–Crippen MR) is 94.7 cm³/mol. The number of carbonyl (C=O) groups excluding carboxylic acids is 2. The quantitative estimate of drug-likeness (QED) is 0.669. The van der Waals surface area contributed by atoms with Crippen LogP contribution in [0.2, 0.25) is 19.6 Å². The Kier molecular flexibility index (Phi) is 6.27. The molecule has 2 N–H and O–H groups in total. The highest BCUT2D eigenvalue weighted by atomic mass is 28.3. The second-order valence-corrected chi connectivity index (χ2v) is 11.4. The maximum absolute atomic E-state index is 10.4. The zero-order valence-electron chi connectivity index (χ0n) is 13.8. The highest BCUT2D eigenvalue weighted by Gasteiger charge is 2.17. The molecular formula is C18H22O4Si. The lowest BCUT2D eigenvalue weighted by Crippen LogP contribution is -2.37. The smallest absolute Gasteiger partial charge is 0.153 e. The van der Waals surface area contributed by atoms with Crippen LogP contribution < -0.4 is 5.19 Å². The van der Waals surface area contributed by atoms with Gasteiger partial charge in [-0.25, -0.2) is 0 Å². The highest BCUT2D eigenvalue weighted by Crippen LogP contribution is 2.16. The van der Waals surface area contributed by atoms with E-state index in [0.717, 1.165) is 10.8 Å². The first-order valence-electron chi connectivity index (χ1n) is 7.22. The first-order chi connectivity index (χ1) is 10.7. The molecule has 122 valence electrons. The van der Waals surface area contributed by atoms with E-state index in [2.05, 4.69) is 19.6 Å². The molecule has 0 amide bonds. The monoisotopic (exact) mass is 330 g/mol. The molecule has 5 heteroatoms. The van der Waals surface area contributed by atoms with Gasteiger partial charge in [0.15, 0.2) is 12.6 Å². The molecule has 2 aromatic rings. The molecule has 0 atom stereocenters. The van der Waals surface area contributed by atoms with Gasteiger partial charge in [0.25, 0.3) is 0 Å². The number of hydrogen-bond acceptors (Lipinski definition) is 4. The molecule has 23 heavy (non-hydrogen) atoms. The summed E-state index contributed by atoms with van der Waals surface area (Å²) in [5.74, 6) is 0.143. The number of aryl methyl sites for hydroxylation is 1. The summed E-state index contributed by atoms with van der Waals surface area (Å²) in [5.41, 5.74) is 1.65. The molecule has 0 aliphatic carbocycles. The van der Waals surface area contributed by atoms with E-state index in [1.165, 1.54) is 0 Å². The van der Waals surface area contributed by atoms with E-state index in [9.17, 15) is 14.7 Å². The van der Waals surface area contributed by atoms with Crippen molar-refractivity contribution >= 4 is 25.8 Å².